The summed E-state index contributed by atoms with van der Waals surface area (Å²) in [6.45, 7) is 1.23. The molecule has 2 aromatic carbocycles. The first-order valence-electron chi connectivity index (χ1n) is 8.36. The number of hydrogen-bond donors (Lipinski definition) is 4. The second-order valence-corrected chi connectivity index (χ2v) is 6.06. The number of nitrogens with zero attached hydrogens (tertiary/aromatic N) is 1. The van der Waals surface area contributed by atoms with E-state index in [1.54, 1.807) is 24.3 Å². The highest BCUT2D eigenvalue weighted by Gasteiger charge is 2.21. The molecule has 9 heteroatoms. The van der Waals surface area contributed by atoms with Crippen molar-refractivity contribution in [1.82, 2.24) is 4.98 Å². The highest BCUT2D eigenvalue weighted by molar-refractivity contribution is 5.95. The summed E-state index contributed by atoms with van der Waals surface area (Å²) in [6.07, 6.45) is 0. The predicted octanol–water partition coefficient (Wildman–Crippen LogP) is 3.82. The second-order valence-electron chi connectivity index (χ2n) is 6.06. The van der Waals surface area contributed by atoms with Gasteiger partial charge in [0.25, 0.3) is 11.8 Å². The van der Waals surface area contributed by atoms with Crippen LogP contribution in [0.3, 0.4) is 0 Å². The van der Waals surface area contributed by atoms with Gasteiger partial charge in [-0.1, -0.05) is 24.3 Å². The van der Waals surface area contributed by atoms with Gasteiger partial charge in [0.15, 0.2) is 11.6 Å². The number of amidine groups is 2. The molecule has 0 saturated carbocycles. The maximum atomic E-state index is 14.5. The van der Waals surface area contributed by atoms with E-state index in [2.05, 4.69) is 4.98 Å². The lowest BCUT2D eigenvalue weighted by atomic mass is 10.2. The summed E-state index contributed by atoms with van der Waals surface area (Å²) in [4.78, 5) is 3.81. The van der Waals surface area contributed by atoms with Crippen molar-refractivity contribution in [2.75, 3.05) is 0 Å². The third-order valence-electron chi connectivity index (χ3n) is 3.96. The molecule has 0 saturated heterocycles. The summed E-state index contributed by atoms with van der Waals surface area (Å²) in [5, 5.41) is 14.9. The van der Waals surface area contributed by atoms with Crippen LogP contribution < -0.4 is 20.9 Å². The van der Waals surface area contributed by atoms with Crippen molar-refractivity contribution in [1.29, 1.82) is 10.8 Å². The van der Waals surface area contributed by atoms with Crippen LogP contribution in [0.4, 0.5) is 8.78 Å². The van der Waals surface area contributed by atoms with E-state index in [0.29, 0.717) is 11.1 Å². The highest BCUT2D eigenvalue weighted by Crippen LogP contribution is 2.33. The molecule has 0 fully saturated rings. The minimum Gasteiger partial charge on any atom is -0.436 e. The van der Waals surface area contributed by atoms with E-state index in [1.165, 1.54) is 31.2 Å². The number of rotatable bonds is 6. The average molecular weight is 403 g/mol. The first kappa shape index (κ1) is 19.7. The van der Waals surface area contributed by atoms with Crippen LogP contribution in [0.1, 0.15) is 16.7 Å². The van der Waals surface area contributed by atoms with Gasteiger partial charge >= 0.3 is 0 Å². The van der Waals surface area contributed by atoms with Gasteiger partial charge in [-0.3, -0.25) is 10.8 Å². The quantitative estimate of drug-likeness (QED) is 0.215. The third-order valence-corrected chi connectivity index (χ3v) is 3.96. The zero-order valence-electron chi connectivity index (χ0n) is 15.3. The Morgan fingerprint density at radius 2 is 1.24 bits per heavy atom. The summed E-state index contributed by atoms with van der Waals surface area (Å²) in [5.74, 6) is -3.01. The third kappa shape index (κ3) is 4.29. The van der Waals surface area contributed by atoms with Gasteiger partial charge in [0.1, 0.15) is 23.2 Å². The Labute approximate surface area is 164 Å². The zero-order valence-corrected chi connectivity index (χ0v) is 15.3. The van der Waals surface area contributed by atoms with E-state index < -0.39 is 23.4 Å². The molecule has 0 amide bonds. The smallest absolute Gasteiger partial charge is 0.259 e. The molecule has 1 heterocycles. The molecule has 0 aliphatic heterocycles. The van der Waals surface area contributed by atoms with Crippen LogP contribution in [0, 0.1) is 29.4 Å². The molecule has 0 bridgehead atoms. The SMILES string of the molecule is Cc1c(F)c(Oc2cccc([13C](=[15NH])[15NH2])c2)nc(Oc2cccc([13C](=[15NH])[15NH2])c2)c1F. The number of benzene rings is 2. The van der Waals surface area contributed by atoms with Crippen molar-refractivity contribution in [2.24, 2.45) is 11.5 Å². The van der Waals surface area contributed by atoms with Crippen LogP contribution >= 0.6 is 0 Å². The standard InChI is InChI=1S/C20H17F2N5O2/c1-10-15(21)19(28-13-6-2-4-11(8-13)17(23)24)27-20(16(10)22)29-14-7-3-5-12(9-14)18(25)26/h2-9H,1H3,(H3,23,24)(H3,25,26)/i17+1,18+1,23+1,24+1,25+1,26+1. The molecular weight excluding hydrogens is 386 g/mol. The van der Waals surface area contributed by atoms with Crippen molar-refractivity contribution in [3.05, 3.63) is 76.9 Å². The molecule has 0 radical (unpaired) electrons. The number of aromatic nitrogens is 1. The molecule has 7 nitrogen and oxygen atoms in total. The summed E-state index contributed by atoms with van der Waals surface area (Å²) in [5.41, 5.74) is 11.3. The Kier molecular flexibility index (Phi) is 5.40. The van der Waals surface area contributed by atoms with Gasteiger partial charge in [-0.2, -0.15) is 4.98 Å². The van der Waals surface area contributed by atoms with Gasteiger partial charge in [0.05, 0.1) is 0 Å². The first-order chi connectivity index (χ1) is 13.8. The average Bonchev–Trinajstić information content (AvgIpc) is 2.70. The fourth-order valence-electron chi connectivity index (χ4n) is 2.42. The number of ether oxygens (including phenoxy) is 2. The molecule has 6 N–H and O–H groups in total. The fourth-order valence-corrected chi connectivity index (χ4v) is 2.42. The molecule has 1 aromatic heterocycles. The topological polar surface area (TPSA) is 131 Å². The van der Waals surface area contributed by atoms with E-state index in [-0.39, 0.29) is 28.7 Å². The molecule has 3 aromatic rings. The van der Waals surface area contributed by atoms with Gasteiger partial charge in [0, 0.05) is 16.7 Å². The lowest BCUT2D eigenvalue weighted by Crippen LogP contribution is -2.11. The van der Waals surface area contributed by atoms with Crippen molar-refractivity contribution < 1.29 is 18.3 Å². The molecule has 0 spiro atoms. The first-order valence-corrected chi connectivity index (χ1v) is 8.36. The van der Waals surface area contributed by atoms with E-state index in [9.17, 15) is 8.78 Å². The Hall–Kier alpha value is -4.01. The van der Waals surface area contributed by atoms with Crippen LogP contribution in [0.25, 0.3) is 0 Å². The molecule has 0 atom stereocenters. The number of hydrogen-bond acceptors (Lipinski definition) is 5. The minimum absolute atomic E-state index is 0.166. The van der Waals surface area contributed by atoms with Crippen molar-refractivity contribution in [3.63, 3.8) is 0 Å². The molecule has 0 aliphatic carbocycles. The maximum Gasteiger partial charge on any atom is 0.259 e. The monoisotopic (exact) mass is 403 g/mol. The largest absolute Gasteiger partial charge is 0.436 e. The van der Waals surface area contributed by atoms with Gasteiger partial charge in [0.2, 0.25) is 0 Å². The van der Waals surface area contributed by atoms with E-state index in [0.717, 1.165) is 0 Å². The Morgan fingerprint density at radius 1 is 0.828 bits per heavy atom. The number of nitrogen functional groups attached to an aromatic ring is 2. The molecule has 0 unspecified atom stereocenters. The fraction of sp³-hybridized carbons (Fsp3) is 0.0500. The van der Waals surface area contributed by atoms with Crippen LogP contribution in [-0.4, -0.2) is 16.7 Å². The highest BCUT2D eigenvalue weighted by atomic mass is 19.1. The number of halogens is 2. The summed E-state index contributed by atoms with van der Waals surface area (Å²) in [6, 6.07) is 12.2. The lowest BCUT2D eigenvalue weighted by Gasteiger charge is -2.13. The number of nitrogens with two attached hydrogens (primary N) is 2. The molecule has 29 heavy (non-hydrogen) atoms. The molecule has 148 valence electrons. The van der Waals surface area contributed by atoms with Crippen molar-refractivity contribution >= 4 is 11.7 Å². The summed E-state index contributed by atoms with van der Waals surface area (Å²) in [7, 11) is 0. The zero-order chi connectivity index (χ0) is 21.1. The molecule has 3 rings (SSSR count). The van der Waals surface area contributed by atoms with Gasteiger partial charge in [-0.05, 0) is 31.2 Å². The summed E-state index contributed by atoms with van der Waals surface area (Å²) < 4.78 is 39.9. The van der Waals surface area contributed by atoms with Gasteiger partial charge in [-0.15, -0.1) is 0 Å². The Balaban J connectivity index is 1.97. The number of nitrogens with one attached hydrogen (secondary N) is 2. The normalized spacial score (nSPS) is 10.4. The maximum absolute atomic E-state index is 14.5. The lowest BCUT2D eigenvalue weighted by molar-refractivity contribution is 0.373. The molecular formula is C20H17F2N5O2. The Morgan fingerprint density at radius 3 is 1.62 bits per heavy atom. The van der Waals surface area contributed by atoms with E-state index >= 15 is 0 Å². The van der Waals surface area contributed by atoms with Crippen LogP contribution in [0.15, 0.2) is 48.5 Å². The Bertz CT molecular complexity index is 1030. The second kappa shape index (κ2) is 7.93. The van der Waals surface area contributed by atoms with Crippen LogP contribution in [-0.2, 0) is 0 Å². The summed E-state index contributed by atoms with van der Waals surface area (Å²) >= 11 is 0. The van der Waals surface area contributed by atoms with Gasteiger partial charge in [-0.25, -0.2) is 8.78 Å². The predicted molar refractivity (Wildman–Crippen MR) is 104 cm³/mol. The molecule has 0 aliphatic rings. The van der Waals surface area contributed by atoms with E-state index in [4.69, 9.17) is 31.8 Å². The van der Waals surface area contributed by atoms with Crippen LogP contribution in [0.5, 0.6) is 23.3 Å². The van der Waals surface area contributed by atoms with Gasteiger partial charge < -0.3 is 20.9 Å². The van der Waals surface area contributed by atoms with Crippen molar-refractivity contribution in [3.8, 4) is 23.3 Å². The van der Waals surface area contributed by atoms with E-state index in [1.807, 2.05) is 0 Å². The van der Waals surface area contributed by atoms with Crippen LogP contribution in [0.2, 0.25) is 0 Å². The number of pyridine rings is 1. The minimum atomic E-state index is -0.986. The van der Waals surface area contributed by atoms with Crippen molar-refractivity contribution in [2.45, 2.75) is 6.92 Å².